The summed E-state index contributed by atoms with van der Waals surface area (Å²) in [5, 5.41) is 13.7. The number of aromatic nitrogens is 1. The lowest BCUT2D eigenvalue weighted by Gasteiger charge is -2.21. The van der Waals surface area contributed by atoms with Crippen molar-refractivity contribution in [2.75, 3.05) is 6.61 Å². The maximum atomic E-state index is 8.84. The predicted octanol–water partition coefficient (Wildman–Crippen LogP) is 3.69. The number of aliphatic hydroxyl groups excluding tert-OH is 1. The molecule has 0 aliphatic heterocycles. The normalized spacial score (nSPS) is 12.2. The molecule has 0 atom stereocenters. The number of hydrogen-bond donors (Lipinski definition) is 2. The van der Waals surface area contributed by atoms with Crippen LogP contribution < -0.4 is 5.32 Å². The molecule has 2 N–H and O–H groups in total. The molecule has 3 heteroatoms. The Hall–Kier alpha value is -1.32. The van der Waals surface area contributed by atoms with Gasteiger partial charge in [-0.15, -0.1) is 0 Å². The van der Waals surface area contributed by atoms with Gasteiger partial charge in [0.2, 0.25) is 0 Å². The molecule has 0 aliphatic carbocycles. The first kappa shape index (κ1) is 16.1. The third-order valence-electron chi connectivity index (χ3n) is 3.77. The molecule has 0 radical (unpaired) electrons. The van der Waals surface area contributed by atoms with Gasteiger partial charge in [0, 0.05) is 42.3 Å². The summed E-state index contributed by atoms with van der Waals surface area (Å²) >= 11 is 0. The van der Waals surface area contributed by atoms with Crippen molar-refractivity contribution in [3.05, 3.63) is 36.0 Å². The maximum Gasteiger partial charge on any atom is 0.0483 e. The summed E-state index contributed by atoms with van der Waals surface area (Å²) in [5.41, 5.74) is 2.80. The van der Waals surface area contributed by atoms with Gasteiger partial charge in [-0.1, -0.05) is 12.1 Å². The number of fused-ring (bicyclic) bond motifs is 1. The third kappa shape index (κ3) is 4.58. The molecule has 0 saturated carbocycles. The van der Waals surface area contributed by atoms with E-state index in [-0.39, 0.29) is 5.54 Å². The SMILES string of the molecule is CC(C)(C)NCc1cccc2c1ccn2CCCCCO. The van der Waals surface area contributed by atoms with Crippen molar-refractivity contribution in [3.8, 4) is 0 Å². The smallest absolute Gasteiger partial charge is 0.0483 e. The molecule has 0 unspecified atom stereocenters. The van der Waals surface area contributed by atoms with Crippen LogP contribution in [0.4, 0.5) is 0 Å². The first-order valence-corrected chi connectivity index (χ1v) is 7.94. The van der Waals surface area contributed by atoms with Crippen molar-refractivity contribution in [1.82, 2.24) is 9.88 Å². The van der Waals surface area contributed by atoms with Gasteiger partial charge in [-0.25, -0.2) is 0 Å². The standard InChI is InChI=1S/C18H28N2O/c1-18(2,3)19-14-15-8-7-9-17-16(15)10-12-20(17)11-5-4-6-13-21/h7-10,12,19,21H,4-6,11,13-14H2,1-3H3. The highest BCUT2D eigenvalue weighted by molar-refractivity contribution is 5.83. The van der Waals surface area contributed by atoms with Crippen LogP contribution in [0.15, 0.2) is 30.5 Å². The highest BCUT2D eigenvalue weighted by Crippen LogP contribution is 2.21. The summed E-state index contributed by atoms with van der Waals surface area (Å²) in [4.78, 5) is 0. The van der Waals surface area contributed by atoms with Crippen molar-refractivity contribution in [1.29, 1.82) is 0 Å². The highest BCUT2D eigenvalue weighted by atomic mass is 16.2. The van der Waals surface area contributed by atoms with E-state index >= 15 is 0 Å². The van der Waals surface area contributed by atoms with E-state index in [4.69, 9.17) is 5.11 Å². The Kier molecular flexibility index (Phi) is 5.43. The molecule has 0 spiro atoms. The van der Waals surface area contributed by atoms with Crippen molar-refractivity contribution in [2.45, 2.75) is 58.7 Å². The number of rotatable bonds is 7. The van der Waals surface area contributed by atoms with Crippen LogP contribution in [-0.4, -0.2) is 21.8 Å². The minimum Gasteiger partial charge on any atom is -0.396 e. The van der Waals surface area contributed by atoms with E-state index in [1.54, 1.807) is 0 Å². The van der Waals surface area contributed by atoms with E-state index in [1.165, 1.54) is 16.5 Å². The zero-order valence-electron chi connectivity index (χ0n) is 13.5. The molecule has 21 heavy (non-hydrogen) atoms. The van der Waals surface area contributed by atoms with Crippen LogP contribution >= 0.6 is 0 Å². The highest BCUT2D eigenvalue weighted by Gasteiger charge is 2.11. The lowest BCUT2D eigenvalue weighted by atomic mass is 10.1. The topological polar surface area (TPSA) is 37.2 Å². The van der Waals surface area contributed by atoms with Crippen molar-refractivity contribution >= 4 is 10.9 Å². The predicted molar refractivity (Wildman–Crippen MR) is 89.5 cm³/mol. The fraction of sp³-hybridized carbons (Fsp3) is 0.556. The summed E-state index contributed by atoms with van der Waals surface area (Å²) in [5.74, 6) is 0. The second kappa shape index (κ2) is 7.10. The van der Waals surface area contributed by atoms with Gasteiger partial charge in [0.1, 0.15) is 0 Å². The Labute approximate surface area is 128 Å². The molecule has 1 heterocycles. The Morgan fingerprint density at radius 1 is 1.10 bits per heavy atom. The van der Waals surface area contributed by atoms with Gasteiger partial charge in [-0.3, -0.25) is 0 Å². The summed E-state index contributed by atoms with van der Waals surface area (Å²) in [7, 11) is 0. The van der Waals surface area contributed by atoms with Gasteiger partial charge in [0.15, 0.2) is 0 Å². The molecule has 2 aromatic rings. The van der Waals surface area contributed by atoms with Crippen molar-refractivity contribution in [3.63, 3.8) is 0 Å². The van der Waals surface area contributed by atoms with Gasteiger partial charge in [0.05, 0.1) is 0 Å². The molecular weight excluding hydrogens is 260 g/mol. The fourth-order valence-electron chi connectivity index (χ4n) is 2.57. The van der Waals surface area contributed by atoms with Gasteiger partial charge >= 0.3 is 0 Å². The van der Waals surface area contributed by atoms with E-state index in [9.17, 15) is 0 Å². The molecule has 3 nitrogen and oxygen atoms in total. The minimum atomic E-state index is 0.134. The number of aryl methyl sites for hydroxylation is 1. The van der Waals surface area contributed by atoms with Gasteiger partial charge in [0.25, 0.3) is 0 Å². The fourth-order valence-corrected chi connectivity index (χ4v) is 2.57. The van der Waals surface area contributed by atoms with Crippen LogP contribution in [0.3, 0.4) is 0 Å². The molecule has 1 aromatic carbocycles. The van der Waals surface area contributed by atoms with E-state index in [1.807, 2.05) is 0 Å². The second-order valence-electron chi connectivity index (χ2n) is 6.75. The van der Waals surface area contributed by atoms with Gasteiger partial charge in [-0.2, -0.15) is 0 Å². The largest absolute Gasteiger partial charge is 0.396 e. The molecule has 0 aliphatic rings. The van der Waals surface area contributed by atoms with Crippen LogP contribution in [0.1, 0.15) is 45.6 Å². The summed E-state index contributed by atoms with van der Waals surface area (Å²) in [6.07, 6.45) is 5.29. The Balaban J connectivity index is 2.09. The minimum absolute atomic E-state index is 0.134. The first-order chi connectivity index (χ1) is 10.0. The molecule has 1 aromatic heterocycles. The number of benzene rings is 1. The zero-order chi connectivity index (χ0) is 15.3. The second-order valence-corrected chi connectivity index (χ2v) is 6.75. The van der Waals surface area contributed by atoms with Crippen LogP contribution in [0.2, 0.25) is 0 Å². The third-order valence-corrected chi connectivity index (χ3v) is 3.77. The van der Waals surface area contributed by atoms with E-state index in [2.05, 4.69) is 61.1 Å². The summed E-state index contributed by atoms with van der Waals surface area (Å²) in [6.45, 7) is 8.81. The molecule has 2 rings (SSSR count). The lowest BCUT2D eigenvalue weighted by molar-refractivity contribution is 0.282. The summed E-state index contributed by atoms with van der Waals surface area (Å²) in [6, 6.07) is 8.77. The van der Waals surface area contributed by atoms with Crippen LogP contribution in [-0.2, 0) is 13.1 Å². The molecule has 0 bridgehead atoms. The Morgan fingerprint density at radius 2 is 1.90 bits per heavy atom. The monoisotopic (exact) mass is 288 g/mol. The van der Waals surface area contributed by atoms with Gasteiger partial charge in [-0.05, 0) is 57.7 Å². The van der Waals surface area contributed by atoms with Gasteiger partial charge < -0.3 is 15.0 Å². The molecule has 0 amide bonds. The number of nitrogens with one attached hydrogen (secondary N) is 1. The average Bonchev–Trinajstić information content (AvgIpc) is 2.84. The number of aliphatic hydroxyl groups is 1. The summed E-state index contributed by atoms with van der Waals surface area (Å²) < 4.78 is 2.33. The van der Waals surface area contributed by atoms with Crippen molar-refractivity contribution < 1.29 is 5.11 Å². The first-order valence-electron chi connectivity index (χ1n) is 7.94. The molecule has 116 valence electrons. The quantitative estimate of drug-likeness (QED) is 0.762. The van der Waals surface area contributed by atoms with E-state index < -0.39 is 0 Å². The number of nitrogens with zero attached hydrogens (tertiary/aromatic N) is 1. The van der Waals surface area contributed by atoms with E-state index in [0.717, 1.165) is 32.4 Å². The zero-order valence-corrected chi connectivity index (χ0v) is 13.5. The van der Waals surface area contributed by atoms with Crippen LogP contribution in [0.25, 0.3) is 10.9 Å². The van der Waals surface area contributed by atoms with E-state index in [0.29, 0.717) is 6.61 Å². The number of hydrogen-bond acceptors (Lipinski definition) is 2. The molecule has 0 fully saturated rings. The van der Waals surface area contributed by atoms with Crippen LogP contribution in [0.5, 0.6) is 0 Å². The maximum absolute atomic E-state index is 8.84. The average molecular weight is 288 g/mol. The molecular formula is C18H28N2O. The Morgan fingerprint density at radius 3 is 2.62 bits per heavy atom. The lowest BCUT2D eigenvalue weighted by Crippen LogP contribution is -2.35. The Bertz CT molecular complexity index is 566. The van der Waals surface area contributed by atoms with Crippen LogP contribution in [0, 0.1) is 0 Å². The molecule has 0 saturated heterocycles. The number of unbranched alkanes of at least 4 members (excludes halogenated alkanes) is 2. The van der Waals surface area contributed by atoms with Crippen molar-refractivity contribution in [2.24, 2.45) is 0 Å².